The van der Waals surface area contributed by atoms with Crippen LogP contribution in [0.5, 0.6) is 0 Å². The van der Waals surface area contributed by atoms with Gasteiger partial charge in [-0.3, -0.25) is 9.89 Å². The predicted octanol–water partition coefficient (Wildman–Crippen LogP) is 2.76. The normalized spacial score (nSPS) is 38.0. The maximum Gasteiger partial charge on any atom is 0.191 e. The molecule has 0 bridgehead atoms. The molecule has 4 atom stereocenters. The number of likely N-dealkylation sites (tertiary alicyclic amines) is 1. The maximum absolute atomic E-state index is 6.06. The van der Waals surface area contributed by atoms with E-state index >= 15 is 0 Å². The van der Waals surface area contributed by atoms with Crippen LogP contribution in [0, 0.1) is 11.3 Å². The molecule has 2 aliphatic carbocycles. The minimum absolute atomic E-state index is 0.187. The Kier molecular flexibility index (Phi) is 5.47. The second kappa shape index (κ2) is 7.67. The Hall–Kier alpha value is -0.810. The fraction of sp³-hybridized carbons (Fsp3) is 0.952. The molecule has 148 valence electrons. The van der Waals surface area contributed by atoms with Gasteiger partial charge < -0.3 is 15.4 Å². The quantitative estimate of drug-likeness (QED) is 0.596. The van der Waals surface area contributed by atoms with Gasteiger partial charge in [-0.25, -0.2) is 0 Å². The summed E-state index contributed by atoms with van der Waals surface area (Å²) in [4.78, 5) is 7.49. The molecule has 0 amide bonds. The van der Waals surface area contributed by atoms with Gasteiger partial charge in [-0.1, -0.05) is 26.7 Å². The highest BCUT2D eigenvalue weighted by atomic mass is 16.5. The van der Waals surface area contributed by atoms with Crippen molar-refractivity contribution in [3.05, 3.63) is 0 Å². The topological polar surface area (TPSA) is 48.9 Å². The highest BCUT2D eigenvalue weighted by Gasteiger charge is 2.58. The number of hydrogen-bond donors (Lipinski definition) is 2. The fourth-order valence-corrected chi connectivity index (χ4v) is 5.95. The highest BCUT2D eigenvalue weighted by molar-refractivity contribution is 5.80. The van der Waals surface area contributed by atoms with Crippen molar-refractivity contribution in [3.8, 4) is 0 Å². The summed E-state index contributed by atoms with van der Waals surface area (Å²) in [6.45, 7) is 11.0. The van der Waals surface area contributed by atoms with Crippen LogP contribution >= 0.6 is 0 Å². The average Bonchev–Trinajstić information content (AvgIpc) is 3.31. The molecule has 0 spiro atoms. The lowest BCUT2D eigenvalue weighted by Gasteiger charge is -2.60. The monoisotopic (exact) mass is 362 g/mol. The Morgan fingerprint density at radius 1 is 1.12 bits per heavy atom. The number of nitrogens with one attached hydrogen (secondary N) is 2. The van der Waals surface area contributed by atoms with Gasteiger partial charge in [0.15, 0.2) is 5.96 Å². The zero-order valence-corrected chi connectivity index (χ0v) is 17.0. The molecule has 0 radical (unpaired) electrons. The third-order valence-electron chi connectivity index (χ3n) is 7.34. The van der Waals surface area contributed by atoms with Crippen molar-refractivity contribution >= 4 is 5.96 Å². The van der Waals surface area contributed by atoms with E-state index < -0.39 is 0 Å². The van der Waals surface area contributed by atoms with Gasteiger partial charge in [-0.05, 0) is 39.0 Å². The second-order valence-electron chi connectivity index (χ2n) is 9.43. The molecular formula is C21H38N4O. The molecule has 0 aromatic rings. The third-order valence-corrected chi connectivity index (χ3v) is 7.34. The smallest absolute Gasteiger partial charge is 0.191 e. The van der Waals surface area contributed by atoms with Gasteiger partial charge in [-0.2, -0.15) is 0 Å². The first kappa shape index (κ1) is 18.5. The molecule has 5 nitrogen and oxygen atoms in total. The van der Waals surface area contributed by atoms with Gasteiger partial charge in [0.1, 0.15) is 0 Å². The van der Waals surface area contributed by atoms with E-state index in [2.05, 4.69) is 36.3 Å². The number of guanidine groups is 1. The molecule has 4 aliphatic rings. The molecule has 0 aromatic heterocycles. The first-order valence-electron chi connectivity index (χ1n) is 11.0. The van der Waals surface area contributed by atoms with Crippen molar-refractivity contribution in [2.24, 2.45) is 16.3 Å². The molecule has 4 unspecified atom stereocenters. The average molecular weight is 363 g/mol. The van der Waals surface area contributed by atoms with Crippen LogP contribution in [0.15, 0.2) is 4.99 Å². The number of ether oxygens (including phenoxy) is 1. The number of rotatable bonds is 4. The molecule has 26 heavy (non-hydrogen) atoms. The third kappa shape index (κ3) is 3.49. The molecule has 2 aliphatic heterocycles. The lowest BCUT2D eigenvalue weighted by Crippen LogP contribution is -2.71. The molecule has 2 saturated carbocycles. The maximum atomic E-state index is 6.06. The summed E-state index contributed by atoms with van der Waals surface area (Å²) in [7, 11) is 0. The van der Waals surface area contributed by atoms with Gasteiger partial charge in [0.2, 0.25) is 0 Å². The predicted molar refractivity (Wildman–Crippen MR) is 107 cm³/mol. The van der Waals surface area contributed by atoms with Crippen molar-refractivity contribution in [1.29, 1.82) is 0 Å². The number of fused-ring (bicyclic) bond motifs is 1. The van der Waals surface area contributed by atoms with Crippen LogP contribution in [0.3, 0.4) is 0 Å². The van der Waals surface area contributed by atoms with E-state index in [9.17, 15) is 0 Å². The van der Waals surface area contributed by atoms with E-state index in [0.29, 0.717) is 24.1 Å². The van der Waals surface area contributed by atoms with E-state index in [1.54, 1.807) is 0 Å². The van der Waals surface area contributed by atoms with E-state index in [1.807, 2.05) is 0 Å². The van der Waals surface area contributed by atoms with E-state index in [-0.39, 0.29) is 5.41 Å². The van der Waals surface area contributed by atoms with Gasteiger partial charge in [0.05, 0.1) is 6.10 Å². The molecule has 4 rings (SSSR count). The number of hydrogen-bond acceptors (Lipinski definition) is 3. The number of nitrogens with zero attached hydrogens (tertiary/aromatic N) is 2. The summed E-state index contributed by atoms with van der Waals surface area (Å²) in [5.41, 5.74) is 0.187. The highest BCUT2D eigenvalue weighted by Crippen LogP contribution is 2.51. The molecule has 2 N–H and O–H groups in total. The fourth-order valence-electron chi connectivity index (χ4n) is 5.95. The standard InChI is InChI=1S/C21H38N4O/c1-4-22-20(23-15-11-12-25(14-15)16-8-5-6-9-16)24-18-17-10-7-13-26-19(17)21(18,2)3/h15-19H,4-14H2,1-3H3,(H2,22,23,24). The van der Waals surface area contributed by atoms with Crippen molar-refractivity contribution in [2.45, 2.75) is 89.9 Å². The molecule has 2 saturated heterocycles. The Balaban J connectivity index is 1.34. The van der Waals surface area contributed by atoms with Crippen LogP contribution in [0.1, 0.15) is 65.7 Å². The molecule has 4 fully saturated rings. The summed E-state index contributed by atoms with van der Waals surface area (Å²) < 4.78 is 6.06. The summed E-state index contributed by atoms with van der Waals surface area (Å²) in [6.07, 6.45) is 9.78. The lowest BCUT2D eigenvalue weighted by molar-refractivity contribution is -0.188. The van der Waals surface area contributed by atoms with Gasteiger partial charge in [-0.15, -0.1) is 0 Å². The minimum Gasteiger partial charge on any atom is -0.377 e. The van der Waals surface area contributed by atoms with Gasteiger partial charge >= 0.3 is 0 Å². The first-order chi connectivity index (χ1) is 12.6. The van der Waals surface area contributed by atoms with Crippen molar-refractivity contribution in [1.82, 2.24) is 15.5 Å². The molecule has 2 heterocycles. The molecule has 0 aromatic carbocycles. The Morgan fingerprint density at radius 3 is 2.69 bits per heavy atom. The van der Waals surface area contributed by atoms with Crippen LogP contribution in [0.4, 0.5) is 0 Å². The van der Waals surface area contributed by atoms with E-state index in [4.69, 9.17) is 9.73 Å². The summed E-state index contributed by atoms with van der Waals surface area (Å²) >= 11 is 0. The Morgan fingerprint density at radius 2 is 1.92 bits per heavy atom. The van der Waals surface area contributed by atoms with Crippen LogP contribution in [0.25, 0.3) is 0 Å². The van der Waals surface area contributed by atoms with Gasteiger partial charge in [0, 0.05) is 55.7 Å². The minimum atomic E-state index is 0.187. The zero-order chi connectivity index (χ0) is 18.1. The van der Waals surface area contributed by atoms with Gasteiger partial charge in [0.25, 0.3) is 0 Å². The zero-order valence-electron chi connectivity index (χ0n) is 17.0. The molecule has 5 heteroatoms. The van der Waals surface area contributed by atoms with Crippen LogP contribution in [-0.2, 0) is 4.74 Å². The first-order valence-corrected chi connectivity index (χ1v) is 11.0. The SMILES string of the molecule is CCN=C(NC1CCN(C2CCCC2)C1)NC1C2CCCOC2C1(C)C. The van der Waals surface area contributed by atoms with Crippen LogP contribution in [0.2, 0.25) is 0 Å². The lowest BCUT2D eigenvalue weighted by atomic mass is 9.55. The number of aliphatic imine (C=N–C) groups is 1. The van der Waals surface area contributed by atoms with Crippen LogP contribution < -0.4 is 10.6 Å². The van der Waals surface area contributed by atoms with Crippen molar-refractivity contribution in [2.75, 3.05) is 26.2 Å². The summed E-state index contributed by atoms with van der Waals surface area (Å²) in [5, 5.41) is 7.55. The largest absolute Gasteiger partial charge is 0.377 e. The van der Waals surface area contributed by atoms with Crippen molar-refractivity contribution < 1.29 is 4.74 Å². The summed E-state index contributed by atoms with van der Waals surface area (Å²) in [5.74, 6) is 1.66. The Bertz CT molecular complexity index is 514. The van der Waals surface area contributed by atoms with E-state index in [1.165, 1.54) is 58.0 Å². The summed E-state index contributed by atoms with van der Waals surface area (Å²) in [6, 6.07) is 1.85. The van der Waals surface area contributed by atoms with Crippen LogP contribution in [-0.4, -0.2) is 61.3 Å². The van der Waals surface area contributed by atoms with E-state index in [0.717, 1.165) is 25.2 Å². The Labute approximate surface area is 159 Å². The molecular weight excluding hydrogens is 324 g/mol. The van der Waals surface area contributed by atoms with Crippen molar-refractivity contribution in [3.63, 3.8) is 0 Å². The second-order valence-corrected chi connectivity index (χ2v) is 9.43.